The van der Waals surface area contributed by atoms with Crippen molar-refractivity contribution in [2.24, 2.45) is 0 Å². The topological polar surface area (TPSA) is 141 Å². The number of rotatable bonds is 13. The van der Waals surface area contributed by atoms with E-state index in [2.05, 4.69) is 10.2 Å². The van der Waals surface area contributed by atoms with Crippen LogP contribution in [0.2, 0.25) is 0 Å². The molecule has 3 aromatic rings. The molecule has 5 unspecified atom stereocenters. The fourth-order valence-electron chi connectivity index (χ4n) is 5.10. The maximum atomic E-state index is 12.3. The third-order valence-electron chi connectivity index (χ3n) is 7.80. The monoisotopic (exact) mass is 591 g/mol. The second-order valence-corrected chi connectivity index (χ2v) is 10.9. The molecule has 3 aromatic carbocycles. The average molecular weight is 592 g/mol. The van der Waals surface area contributed by atoms with Crippen LogP contribution in [0.5, 0.6) is 0 Å². The Bertz CT molecular complexity index is 1300. The van der Waals surface area contributed by atoms with Crippen LogP contribution in [0.25, 0.3) is 0 Å². The second-order valence-electron chi connectivity index (χ2n) is 10.9. The van der Waals surface area contributed by atoms with E-state index >= 15 is 0 Å². The highest BCUT2D eigenvalue weighted by atomic mass is 16.7. The molecule has 230 valence electrons. The van der Waals surface area contributed by atoms with Crippen molar-refractivity contribution in [3.63, 3.8) is 0 Å². The van der Waals surface area contributed by atoms with Gasteiger partial charge in [0, 0.05) is 43.1 Å². The highest BCUT2D eigenvalue weighted by Gasteiger charge is 2.34. The molecule has 0 aromatic heterocycles. The first-order valence-corrected chi connectivity index (χ1v) is 14.5. The van der Waals surface area contributed by atoms with Crippen LogP contribution in [0.4, 0.5) is 5.69 Å². The maximum absolute atomic E-state index is 12.3. The number of carbonyl (C=O) groups is 2. The van der Waals surface area contributed by atoms with Gasteiger partial charge in [0.1, 0.15) is 0 Å². The van der Waals surface area contributed by atoms with Crippen molar-refractivity contribution in [2.45, 2.75) is 69.9 Å². The number of hydroxylamine groups is 1. The summed E-state index contributed by atoms with van der Waals surface area (Å²) in [6.45, 7) is 2.53. The molecule has 4 rings (SSSR count). The smallest absolute Gasteiger partial charge is 0.243 e. The van der Waals surface area contributed by atoms with Crippen LogP contribution >= 0.6 is 0 Å². The number of likely N-dealkylation sites (N-methyl/N-ethyl adjacent to an activating group) is 1. The Morgan fingerprint density at radius 2 is 1.58 bits per heavy atom. The Balaban J connectivity index is 1.45. The molecule has 0 aliphatic carbocycles. The van der Waals surface area contributed by atoms with E-state index in [9.17, 15) is 19.8 Å². The van der Waals surface area contributed by atoms with Crippen LogP contribution < -0.4 is 10.8 Å². The molecule has 10 heteroatoms. The van der Waals surface area contributed by atoms with Crippen molar-refractivity contribution >= 4 is 17.5 Å². The number of benzene rings is 3. The predicted octanol–water partition coefficient (Wildman–Crippen LogP) is 4.39. The van der Waals surface area contributed by atoms with Gasteiger partial charge < -0.3 is 25.0 Å². The molecule has 1 saturated heterocycles. The van der Waals surface area contributed by atoms with E-state index in [1.165, 1.54) is 0 Å². The van der Waals surface area contributed by atoms with E-state index < -0.39 is 18.3 Å². The van der Waals surface area contributed by atoms with Crippen LogP contribution in [-0.2, 0) is 25.7 Å². The van der Waals surface area contributed by atoms with Gasteiger partial charge in [-0.25, -0.2) is 5.48 Å². The Morgan fingerprint density at radius 1 is 0.930 bits per heavy atom. The third kappa shape index (κ3) is 9.17. The first-order chi connectivity index (χ1) is 20.8. The zero-order valence-electron chi connectivity index (χ0n) is 24.6. The first kappa shape index (κ1) is 32.3. The van der Waals surface area contributed by atoms with Crippen LogP contribution in [-0.4, -0.2) is 57.9 Å². The van der Waals surface area contributed by atoms with Gasteiger partial charge in [-0.05, 0) is 49.2 Å². The van der Waals surface area contributed by atoms with Crippen molar-refractivity contribution in [1.82, 2.24) is 10.4 Å². The van der Waals surface area contributed by atoms with Gasteiger partial charge in [0.05, 0.1) is 24.9 Å². The van der Waals surface area contributed by atoms with E-state index in [-0.39, 0.29) is 43.6 Å². The van der Waals surface area contributed by atoms with Crippen molar-refractivity contribution in [3.8, 4) is 0 Å². The van der Waals surface area contributed by atoms with E-state index in [4.69, 9.17) is 14.7 Å². The second kappa shape index (κ2) is 15.7. The molecule has 5 N–H and O–H groups in total. The lowest BCUT2D eigenvalue weighted by molar-refractivity contribution is -0.253. The lowest BCUT2D eigenvalue weighted by Crippen LogP contribution is -2.43. The molecular formula is C33H41N3O7. The Labute approximate surface area is 252 Å². The molecule has 10 nitrogen and oxygen atoms in total. The fourth-order valence-corrected chi connectivity index (χ4v) is 5.10. The van der Waals surface area contributed by atoms with Gasteiger partial charge in [-0.3, -0.25) is 19.7 Å². The van der Waals surface area contributed by atoms with Crippen molar-refractivity contribution in [2.75, 3.05) is 18.9 Å². The summed E-state index contributed by atoms with van der Waals surface area (Å²) >= 11 is 0. The minimum absolute atomic E-state index is 0.0343. The molecule has 43 heavy (non-hydrogen) atoms. The van der Waals surface area contributed by atoms with Gasteiger partial charge >= 0.3 is 0 Å². The molecule has 5 atom stereocenters. The summed E-state index contributed by atoms with van der Waals surface area (Å²) in [5.74, 6) is -0.761. The minimum Gasteiger partial charge on any atom is -0.392 e. The largest absolute Gasteiger partial charge is 0.392 e. The Kier molecular flexibility index (Phi) is 11.8. The van der Waals surface area contributed by atoms with Gasteiger partial charge in [0.15, 0.2) is 6.29 Å². The average Bonchev–Trinajstić information content (AvgIpc) is 3.04. The highest BCUT2D eigenvalue weighted by Crippen LogP contribution is 2.38. The Morgan fingerprint density at radius 3 is 2.23 bits per heavy atom. The molecule has 0 bridgehead atoms. The molecule has 0 radical (unpaired) electrons. The van der Waals surface area contributed by atoms with Crippen molar-refractivity contribution < 1.29 is 34.5 Å². The van der Waals surface area contributed by atoms with E-state index in [0.717, 1.165) is 22.3 Å². The van der Waals surface area contributed by atoms with Crippen LogP contribution in [0, 0.1) is 0 Å². The number of anilines is 1. The van der Waals surface area contributed by atoms with Crippen LogP contribution in [0.15, 0.2) is 78.9 Å². The molecule has 1 fully saturated rings. The number of hydrogen-bond acceptors (Lipinski definition) is 8. The lowest BCUT2D eigenvalue weighted by atomic mass is 9.98. The number of aliphatic hydroxyl groups excluding tert-OH is 2. The van der Waals surface area contributed by atoms with Gasteiger partial charge in [-0.2, -0.15) is 0 Å². The number of carbonyl (C=O) groups excluding carboxylic acids is 2. The summed E-state index contributed by atoms with van der Waals surface area (Å²) in [6.07, 6.45) is -0.643. The molecule has 0 saturated carbocycles. The van der Waals surface area contributed by atoms with E-state index in [1.54, 1.807) is 17.6 Å². The summed E-state index contributed by atoms with van der Waals surface area (Å²) in [7, 11) is 1.98. The highest BCUT2D eigenvalue weighted by molar-refractivity contribution is 5.91. The first-order valence-electron chi connectivity index (χ1n) is 14.5. The molecule has 1 heterocycles. The third-order valence-corrected chi connectivity index (χ3v) is 7.80. The zero-order valence-corrected chi connectivity index (χ0v) is 24.6. The zero-order chi connectivity index (χ0) is 30.8. The standard InChI is InChI=1S/C33H41N3O7/c1-22(32(40)25-7-4-3-5-8-25)36(2)20-28-19-29(24-13-11-23(21-37)12-14-24)43-33(42-28)26-15-17-27(18-16-26)34-30(38)9-6-10-31(39)35-41/h3-5,7-8,11-18,22,28-29,32-33,37,40-41H,6,9-10,19-21H2,1-2H3,(H,34,38)(H,35,39). The Hall–Kier alpha value is -3.64. The van der Waals surface area contributed by atoms with Gasteiger partial charge in [0.2, 0.25) is 11.8 Å². The summed E-state index contributed by atoms with van der Waals surface area (Å²) < 4.78 is 12.9. The van der Waals surface area contributed by atoms with E-state index in [0.29, 0.717) is 25.1 Å². The number of amides is 2. The fraction of sp³-hybridized carbons (Fsp3) is 0.394. The van der Waals surface area contributed by atoms with Gasteiger partial charge in [-0.15, -0.1) is 0 Å². The van der Waals surface area contributed by atoms with Gasteiger partial charge in [0.25, 0.3) is 0 Å². The van der Waals surface area contributed by atoms with Gasteiger partial charge in [-0.1, -0.05) is 66.7 Å². The summed E-state index contributed by atoms with van der Waals surface area (Å²) in [5, 5.41) is 31.9. The number of hydrogen-bond donors (Lipinski definition) is 5. The van der Waals surface area contributed by atoms with Crippen molar-refractivity contribution in [1.29, 1.82) is 0 Å². The number of ether oxygens (including phenoxy) is 2. The van der Waals surface area contributed by atoms with Crippen LogP contribution in [0.3, 0.4) is 0 Å². The SMILES string of the molecule is CC(C(O)c1ccccc1)N(C)CC1CC(c2ccc(CO)cc2)OC(c2ccc(NC(=O)CCCC(=O)NO)cc2)O1. The maximum Gasteiger partial charge on any atom is 0.243 e. The minimum atomic E-state index is -0.661. The normalized spacial score (nSPS) is 19.9. The molecule has 1 aliphatic rings. The molecule has 1 aliphatic heterocycles. The summed E-state index contributed by atoms with van der Waals surface area (Å²) in [6, 6.07) is 24.4. The molecule has 2 amide bonds. The van der Waals surface area contributed by atoms with E-state index in [1.807, 2.05) is 80.7 Å². The predicted molar refractivity (Wildman–Crippen MR) is 161 cm³/mol. The van der Waals surface area contributed by atoms with Crippen LogP contribution in [0.1, 0.15) is 73.4 Å². The summed E-state index contributed by atoms with van der Waals surface area (Å²) in [5.41, 5.74) is 5.61. The molecular weight excluding hydrogens is 550 g/mol. The number of nitrogens with one attached hydrogen (secondary N) is 2. The molecule has 0 spiro atoms. The van der Waals surface area contributed by atoms with Crippen molar-refractivity contribution in [3.05, 3.63) is 101 Å². The number of aliphatic hydroxyl groups is 2. The number of nitrogens with zero attached hydrogens (tertiary/aromatic N) is 1. The quantitative estimate of drug-likeness (QED) is 0.146. The summed E-state index contributed by atoms with van der Waals surface area (Å²) in [4.78, 5) is 25.5. The lowest BCUT2D eigenvalue weighted by Gasteiger charge is -2.39.